The van der Waals surface area contributed by atoms with Gasteiger partial charge in [-0.05, 0) is 30.3 Å². The van der Waals surface area contributed by atoms with E-state index in [4.69, 9.17) is 5.11 Å². The molecule has 0 atom stereocenters. The maximum atomic E-state index is 10.6. The maximum absolute atomic E-state index is 10.6. The van der Waals surface area contributed by atoms with Gasteiger partial charge in [-0.1, -0.05) is 33.8 Å². The molecule has 2 aromatic rings. The molecule has 0 aliphatic rings. The number of carbonyl (C=O) groups is 1. The fourth-order valence-electron chi connectivity index (χ4n) is 1.30. The summed E-state index contributed by atoms with van der Waals surface area (Å²) >= 11 is 3.37. The predicted molar refractivity (Wildman–Crippen MR) is 71.3 cm³/mol. The lowest BCUT2D eigenvalue weighted by atomic mass is 10.2. The summed E-state index contributed by atoms with van der Waals surface area (Å²) < 4.78 is 0.966. The third kappa shape index (κ3) is 3.19. The smallest absolute Gasteiger partial charge is 0.354 e. The van der Waals surface area contributed by atoms with Crippen molar-refractivity contribution in [3.63, 3.8) is 0 Å². The summed E-state index contributed by atoms with van der Waals surface area (Å²) in [4.78, 5) is 14.4. The Labute approximate surface area is 113 Å². The molecule has 2 rings (SSSR count). The van der Waals surface area contributed by atoms with Crippen LogP contribution in [0.1, 0.15) is 21.6 Å². The van der Waals surface area contributed by atoms with Crippen LogP contribution < -0.4 is 0 Å². The van der Waals surface area contributed by atoms with E-state index < -0.39 is 5.97 Å². The Bertz CT molecular complexity index is 639. The second kappa shape index (κ2) is 5.48. The highest BCUT2D eigenvalue weighted by molar-refractivity contribution is 9.10. The first kappa shape index (κ1) is 12.3. The molecule has 1 aromatic heterocycles. The lowest BCUT2D eigenvalue weighted by molar-refractivity contribution is 0.0690. The minimum Gasteiger partial charge on any atom is -0.477 e. The van der Waals surface area contributed by atoms with Crippen LogP contribution in [0.3, 0.4) is 0 Å². The van der Waals surface area contributed by atoms with Crippen LogP contribution in [0, 0.1) is 11.8 Å². The van der Waals surface area contributed by atoms with Gasteiger partial charge in [0.15, 0.2) is 0 Å². The lowest BCUT2D eigenvalue weighted by Gasteiger charge is -1.93. The summed E-state index contributed by atoms with van der Waals surface area (Å²) in [5, 5.41) is 8.71. The van der Waals surface area contributed by atoms with Crippen LogP contribution in [0.5, 0.6) is 0 Å². The maximum Gasteiger partial charge on any atom is 0.354 e. The van der Waals surface area contributed by atoms with Gasteiger partial charge in [-0.2, -0.15) is 0 Å². The Morgan fingerprint density at radius 3 is 2.56 bits per heavy atom. The van der Waals surface area contributed by atoms with Gasteiger partial charge in [-0.25, -0.2) is 9.78 Å². The first-order chi connectivity index (χ1) is 8.65. The number of pyridine rings is 1. The van der Waals surface area contributed by atoms with Crippen molar-refractivity contribution in [3.8, 4) is 11.8 Å². The summed E-state index contributed by atoms with van der Waals surface area (Å²) in [6, 6.07) is 10.7. The molecule has 18 heavy (non-hydrogen) atoms. The number of hydrogen-bond acceptors (Lipinski definition) is 2. The SMILES string of the molecule is O=C(O)c1ccc(C#Cc2cccc(Br)c2)cn1. The summed E-state index contributed by atoms with van der Waals surface area (Å²) in [6.07, 6.45) is 1.45. The zero-order chi connectivity index (χ0) is 13.0. The largest absolute Gasteiger partial charge is 0.477 e. The third-order valence-corrected chi connectivity index (χ3v) is 2.65. The molecule has 0 bridgehead atoms. The van der Waals surface area contributed by atoms with Gasteiger partial charge < -0.3 is 5.11 Å². The third-order valence-electron chi connectivity index (χ3n) is 2.16. The molecule has 0 fully saturated rings. The highest BCUT2D eigenvalue weighted by Crippen LogP contribution is 2.10. The number of hydrogen-bond donors (Lipinski definition) is 1. The van der Waals surface area contributed by atoms with Gasteiger partial charge in [0.2, 0.25) is 0 Å². The van der Waals surface area contributed by atoms with E-state index >= 15 is 0 Å². The molecule has 88 valence electrons. The van der Waals surface area contributed by atoms with Crippen molar-refractivity contribution in [1.82, 2.24) is 4.98 Å². The van der Waals surface area contributed by atoms with E-state index in [1.165, 1.54) is 12.3 Å². The van der Waals surface area contributed by atoms with Gasteiger partial charge in [0.25, 0.3) is 0 Å². The van der Waals surface area contributed by atoms with Gasteiger partial charge in [0.1, 0.15) is 5.69 Å². The van der Waals surface area contributed by atoms with E-state index in [2.05, 4.69) is 32.8 Å². The molecular formula is C14H8BrNO2. The number of carboxylic acid groups (broad SMARTS) is 1. The molecule has 0 aliphatic carbocycles. The molecule has 4 heteroatoms. The normalized spacial score (nSPS) is 9.39. The summed E-state index contributed by atoms with van der Waals surface area (Å²) in [7, 11) is 0. The monoisotopic (exact) mass is 301 g/mol. The average Bonchev–Trinajstić information content (AvgIpc) is 2.37. The van der Waals surface area contributed by atoms with Crippen molar-refractivity contribution in [2.75, 3.05) is 0 Å². The highest BCUT2D eigenvalue weighted by atomic mass is 79.9. The minimum absolute atomic E-state index is 0.0167. The molecule has 0 saturated carbocycles. The lowest BCUT2D eigenvalue weighted by Crippen LogP contribution is -1.99. The Hall–Kier alpha value is -2.12. The van der Waals surface area contributed by atoms with Gasteiger partial charge in [-0.15, -0.1) is 0 Å². The Balaban J connectivity index is 2.22. The van der Waals surface area contributed by atoms with Crippen molar-refractivity contribution < 1.29 is 9.90 Å². The van der Waals surface area contributed by atoms with E-state index in [0.29, 0.717) is 5.56 Å². The first-order valence-corrected chi connectivity index (χ1v) is 5.91. The zero-order valence-corrected chi connectivity index (χ0v) is 10.8. The number of benzene rings is 1. The number of aromatic carboxylic acids is 1. The van der Waals surface area contributed by atoms with E-state index in [1.54, 1.807) is 6.07 Å². The van der Waals surface area contributed by atoms with Crippen molar-refractivity contribution in [3.05, 3.63) is 63.9 Å². The second-order valence-electron chi connectivity index (χ2n) is 3.50. The molecule has 0 radical (unpaired) electrons. The van der Waals surface area contributed by atoms with Crippen LogP contribution >= 0.6 is 15.9 Å². The number of aromatic nitrogens is 1. The Morgan fingerprint density at radius 1 is 1.17 bits per heavy atom. The molecule has 0 saturated heterocycles. The second-order valence-corrected chi connectivity index (χ2v) is 4.41. The zero-order valence-electron chi connectivity index (χ0n) is 9.22. The van der Waals surface area contributed by atoms with Gasteiger partial charge in [0, 0.05) is 21.8 Å². The van der Waals surface area contributed by atoms with Crippen LogP contribution in [0.4, 0.5) is 0 Å². The summed E-state index contributed by atoms with van der Waals surface area (Å²) in [6.45, 7) is 0. The van der Waals surface area contributed by atoms with Gasteiger partial charge in [-0.3, -0.25) is 0 Å². The molecule has 1 aromatic carbocycles. The van der Waals surface area contributed by atoms with E-state index in [9.17, 15) is 4.79 Å². The molecule has 0 amide bonds. The fourth-order valence-corrected chi connectivity index (χ4v) is 1.70. The number of halogens is 1. The standard InChI is InChI=1S/C14H8BrNO2/c15-12-3-1-2-10(8-12)4-5-11-6-7-13(14(17)18)16-9-11/h1-3,6-9H,(H,17,18). The van der Waals surface area contributed by atoms with Crippen LogP contribution in [0.2, 0.25) is 0 Å². The molecule has 0 aliphatic heterocycles. The fraction of sp³-hybridized carbons (Fsp3) is 0. The van der Waals surface area contributed by atoms with E-state index in [0.717, 1.165) is 10.0 Å². The topological polar surface area (TPSA) is 50.2 Å². The van der Waals surface area contributed by atoms with Gasteiger partial charge in [0.05, 0.1) is 0 Å². The number of carboxylic acids is 1. The van der Waals surface area contributed by atoms with Crippen molar-refractivity contribution in [1.29, 1.82) is 0 Å². The quantitative estimate of drug-likeness (QED) is 0.824. The van der Waals surface area contributed by atoms with Crippen LogP contribution in [-0.4, -0.2) is 16.1 Å². The van der Waals surface area contributed by atoms with E-state index in [-0.39, 0.29) is 5.69 Å². The molecular weight excluding hydrogens is 294 g/mol. The predicted octanol–water partition coefficient (Wildman–Crippen LogP) is 2.94. The van der Waals surface area contributed by atoms with Crippen LogP contribution in [0.15, 0.2) is 47.1 Å². The van der Waals surface area contributed by atoms with E-state index in [1.807, 2.05) is 24.3 Å². The first-order valence-electron chi connectivity index (χ1n) is 5.12. The molecule has 0 unspecified atom stereocenters. The molecule has 3 nitrogen and oxygen atoms in total. The van der Waals surface area contributed by atoms with Crippen molar-refractivity contribution >= 4 is 21.9 Å². The van der Waals surface area contributed by atoms with Crippen molar-refractivity contribution in [2.24, 2.45) is 0 Å². The van der Waals surface area contributed by atoms with Gasteiger partial charge >= 0.3 is 5.97 Å². The summed E-state index contributed by atoms with van der Waals surface area (Å²) in [5.41, 5.74) is 1.58. The number of rotatable bonds is 1. The molecule has 1 N–H and O–H groups in total. The Morgan fingerprint density at radius 2 is 1.94 bits per heavy atom. The molecule has 0 spiro atoms. The van der Waals surface area contributed by atoms with Crippen LogP contribution in [-0.2, 0) is 0 Å². The van der Waals surface area contributed by atoms with Crippen molar-refractivity contribution in [2.45, 2.75) is 0 Å². The Kier molecular flexibility index (Phi) is 3.75. The summed E-state index contributed by atoms with van der Waals surface area (Å²) in [5.74, 6) is 4.87. The molecule has 1 heterocycles. The highest BCUT2D eigenvalue weighted by Gasteiger charge is 2.01. The average molecular weight is 302 g/mol. The van der Waals surface area contributed by atoms with Crippen LogP contribution in [0.25, 0.3) is 0 Å². The number of nitrogens with zero attached hydrogens (tertiary/aromatic N) is 1. The minimum atomic E-state index is -1.04.